The minimum absolute atomic E-state index is 1.18. The summed E-state index contributed by atoms with van der Waals surface area (Å²) in [6.45, 7) is 11.4. The molecule has 3 aliphatic rings. The van der Waals surface area contributed by atoms with Crippen LogP contribution in [-0.2, 0) is 0 Å². The maximum absolute atomic E-state index is 4.10. The van der Waals surface area contributed by atoms with Crippen LogP contribution in [0, 0.1) is 0 Å². The molecule has 0 unspecified atom stereocenters. The molecule has 0 spiro atoms. The third kappa shape index (κ3) is 2.78. The summed E-state index contributed by atoms with van der Waals surface area (Å²) >= 11 is 0. The van der Waals surface area contributed by atoms with E-state index in [1.165, 1.54) is 90.8 Å². The van der Waals surface area contributed by atoms with Gasteiger partial charge in [-0.1, -0.05) is 6.92 Å². The van der Waals surface area contributed by atoms with Gasteiger partial charge in [-0.2, -0.15) is 0 Å². The molecule has 3 rings (SSSR count). The van der Waals surface area contributed by atoms with E-state index in [1.54, 1.807) is 0 Å². The van der Waals surface area contributed by atoms with Gasteiger partial charge in [0.2, 0.25) is 0 Å². The molecule has 3 saturated heterocycles. The molecule has 3 aliphatic heterocycles. The van der Waals surface area contributed by atoms with Gasteiger partial charge in [0.05, 0.1) is 0 Å². The first-order chi connectivity index (χ1) is 9.88. The molecule has 3 heterocycles. The van der Waals surface area contributed by atoms with Gasteiger partial charge in [-0.15, -0.1) is 19.1 Å². The molecular weight excluding hydrogens is 267 g/mol. The summed E-state index contributed by atoms with van der Waals surface area (Å²) in [5, 5.41) is 4.10. The molecule has 0 bridgehead atoms. The Balaban J connectivity index is 1.87. The lowest BCUT2D eigenvalue weighted by Crippen LogP contribution is -2.49. The lowest BCUT2D eigenvalue weighted by molar-refractivity contribution is 0.358. The largest absolute Gasteiger partial charge is 0.305 e. The smallest absolute Gasteiger partial charge is 0.146 e. The Bertz CT molecular complexity index is 253. The van der Waals surface area contributed by atoms with E-state index in [-0.39, 0.29) is 0 Å². The number of hydrogen-bond donors (Lipinski definition) is 1. The molecule has 0 aromatic heterocycles. The van der Waals surface area contributed by atoms with Crippen LogP contribution in [0.4, 0.5) is 0 Å². The van der Waals surface area contributed by atoms with Crippen molar-refractivity contribution >= 4 is 7.87 Å². The predicted octanol–water partition coefficient (Wildman–Crippen LogP) is 2.95. The zero-order chi connectivity index (χ0) is 13.8. The van der Waals surface area contributed by atoms with E-state index >= 15 is 0 Å². The van der Waals surface area contributed by atoms with Gasteiger partial charge in [-0.3, -0.25) is 0 Å². The Morgan fingerprint density at radius 3 is 1.35 bits per heavy atom. The van der Waals surface area contributed by atoms with Crippen molar-refractivity contribution in [2.75, 3.05) is 45.8 Å². The van der Waals surface area contributed by atoms with E-state index in [9.17, 15) is 0 Å². The van der Waals surface area contributed by atoms with E-state index in [1.807, 2.05) is 0 Å². The molecule has 4 nitrogen and oxygen atoms in total. The molecule has 0 amide bonds. The Hall–Kier alpha value is 0.270. The fourth-order valence-electron chi connectivity index (χ4n) is 4.04. The quantitative estimate of drug-likeness (QED) is 0.761. The van der Waals surface area contributed by atoms with Crippen molar-refractivity contribution < 1.29 is 0 Å². The molecule has 3 fully saturated rings. The van der Waals surface area contributed by atoms with Gasteiger partial charge in [0.1, 0.15) is 0 Å². The molecule has 0 aromatic carbocycles. The number of nitrogens with zero attached hydrogens (tertiary/aromatic N) is 3. The lowest BCUT2D eigenvalue weighted by Gasteiger charge is -2.43. The van der Waals surface area contributed by atoms with Crippen LogP contribution in [0.5, 0.6) is 0 Å². The Kier molecular flexibility index (Phi) is 5.33. The van der Waals surface area contributed by atoms with Gasteiger partial charge < -0.3 is 0 Å². The first-order valence-corrected chi connectivity index (χ1v) is 10.4. The van der Waals surface area contributed by atoms with E-state index in [0.717, 1.165) is 0 Å². The minimum Gasteiger partial charge on any atom is -0.146 e. The van der Waals surface area contributed by atoms with Crippen LogP contribution in [0.15, 0.2) is 0 Å². The maximum Gasteiger partial charge on any atom is 0.305 e. The molecule has 116 valence electrons. The maximum atomic E-state index is 4.10. The standard InChI is InChI=1S/C15H32N4P/c1-2-9-16-20(17-10-3-4-11-17,18-12-5-6-13-18)19-14-7-8-15-19/h16H,2-15H2,1H3/q+1. The number of nitrogens with one attached hydrogen (secondary N) is 1. The molecular formula is C15H32N4P+. The summed E-state index contributed by atoms with van der Waals surface area (Å²) in [4.78, 5) is 0. The highest BCUT2D eigenvalue weighted by molar-refractivity contribution is 7.67. The van der Waals surface area contributed by atoms with Crippen molar-refractivity contribution in [1.82, 2.24) is 19.1 Å². The molecule has 0 saturated carbocycles. The fraction of sp³-hybridized carbons (Fsp3) is 1.00. The topological polar surface area (TPSA) is 21.8 Å². The van der Waals surface area contributed by atoms with Gasteiger partial charge in [0.25, 0.3) is 0 Å². The van der Waals surface area contributed by atoms with Crippen LogP contribution in [0.25, 0.3) is 0 Å². The second kappa shape index (κ2) is 7.02. The van der Waals surface area contributed by atoms with Crippen LogP contribution in [0.2, 0.25) is 0 Å². The van der Waals surface area contributed by atoms with Crippen LogP contribution >= 0.6 is 7.87 Å². The summed E-state index contributed by atoms with van der Waals surface area (Å²) in [7, 11) is -1.41. The van der Waals surface area contributed by atoms with Crippen molar-refractivity contribution in [3.8, 4) is 0 Å². The summed E-state index contributed by atoms with van der Waals surface area (Å²) in [5.41, 5.74) is 0. The number of rotatable bonds is 6. The summed E-state index contributed by atoms with van der Waals surface area (Å²) < 4.78 is 8.58. The average molecular weight is 299 g/mol. The van der Waals surface area contributed by atoms with Crippen LogP contribution in [0.1, 0.15) is 51.9 Å². The summed E-state index contributed by atoms with van der Waals surface area (Å²) in [6, 6.07) is 0. The Labute approximate surface area is 125 Å². The highest BCUT2D eigenvalue weighted by atomic mass is 31.2. The summed E-state index contributed by atoms with van der Waals surface area (Å²) in [6.07, 6.45) is 9.65. The van der Waals surface area contributed by atoms with Gasteiger partial charge in [-0.25, -0.2) is 0 Å². The van der Waals surface area contributed by atoms with Crippen LogP contribution in [-0.4, -0.2) is 59.8 Å². The highest BCUT2D eigenvalue weighted by Crippen LogP contribution is 2.66. The van der Waals surface area contributed by atoms with Crippen molar-refractivity contribution in [3.63, 3.8) is 0 Å². The average Bonchev–Trinajstić information content (AvgIpc) is 3.23. The SMILES string of the molecule is CCCN[P+](N1CCCC1)(N1CCCC1)N1CCCC1. The molecule has 0 atom stereocenters. The van der Waals surface area contributed by atoms with Crippen LogP contribution in [0.3, 0.4) is 0 Å². The van der Waals surface area contributed by atoms with E-state index in [0.29, 0.717) is 0 Å². The normalized spacial score (nSPS) is 26.9. The first kappa shape index (κ1) is 15.2. The van der Waals surface area contributed by atoms with Crippen LogP contribution < -0.4 is 5.09 Å². The van der Waals surface area contributed by atoms with E-state index in [4.69, 9.17) is 0 Å². The molecule has 1 N–H and O–H groups in total. The Morgan fingerprint density at radius 1 is 0.700 bits per heavy atom. The van der Waals surface area contributed by atoms with E-state index in [2.05, 4.69) is 26.0 Å². The van der Waals surface area contributed by atoms with Gasteiger partial charge >= 0.3 is 7.87 Å². The lowest BCUT2D eigenvalue weighted by atomic mass is 10.4. The van der Waals surface area contributed by atoms with Crippen molar-refractivity contribution in [1.29, 1.82) is 0 Å². The molecule has 0 aromatic rings. The molecule has 5 heteroatoms. The van der Waals surface area contributed by atoms with Crippen molar-refractivity contribution in [3.05, 3.63) is 0 Å². The zero-order valence-corrected chi connectivity index (χ0v) is 14.1. The minimum atomic E-state index is -1.41. The fourth-order valence-corrected chi connectivity index (χ4v) is 8.76. The number of hydrogen-bond acceptors (Lipinski definition) is 4. The first-order valence-electron chi connectivity index (χ1n) is 8.78. The monoisotopic (exact) mass is 299 g/mol. The molecule has 0 aliphatic carbocycles. The van der Waals surface area contributed by atoms with Gasteiger partial charge in [0.15, 0.2) is 0 Å². The zero-order valence-electron chi connectivity index (χ0n) is 13.2. The third-order valence-electron chi connectivity index (χ3n) is 5.00. The van der Waals surface area contributed by atoms with Gasteiger partial charge in [0, 0.05) is 45.8 Å². The third-order valence-corrected chi connectivity index (χ3v) is 9.22. The van der Waals surface area contributed by atoms with E-state index < -0.39 is 7.87 Å². The van der Waals surface area contributed by atoms with Gasteiger partial charge in [-0.05, 0) is 44.9 Å². The second-order valence-electron chi connectivity index (χ2n) is 6.46. The highest BCUT2D eigenvalue weighted by Gasteiger charge is 2.58. The van der Waals surface area contributed by atoms with Crippen molar-refractivity contribution in [2.45, 2.75) is 51.9 Å². The van der Waals surface area contributed by atoms with Crippen molar-refractivity contribution in [2.24, 2.45) is 0 Å². The Morgan fingerprint density at radius 2 is 1.05 bits per heavy atom. The summed E-state index contributed by atoms with van der Waals surface area (Å²) in [5.74, 6) is 0. The predicted molar refractivity (Wildman–Crippen MR) is 87.6 cm³/mol. The molecule has 0 radical (unpaired) electrons. The second-order valence-corrected chi connectivity index (χ2v) is 9.61. The molecule has 20 heavy (non-hydrogen) atoms.